The zero-order valence-electron chi connectivity index (χ0n) is 18.6. The average molecular weight is 471 g/mol. The molecule has 2 aromatic carbocycles. The van der Waals surface area contributed by atoms with Crippen LogP contribution >= 0.6 is 12.2 Å². The maximum atomic E-state index is 11.6. The van der Waals surface area contributed by atoms with Crippen molar-refractivity contribution in [3.8, 4) is 11.3 Å². The van der Waals surface area contributed by atoms with Crippen LogP contribution in [-0.4, -0.2) is 15.0 Å². The van der Waals surface area contributed by atoms with Gasteiger partial charge in [0.1, 0.15) is 17.6 Å². The largest absolute Gasteiger partial charge is 0.459 e. The summed E-state index contributed by atoms with van der Waals surface area (Å²) in [6, 6.07) is 21.6. The first-order valence-electron chi connectivity index (χ1n) is 10.8. The minimum Gasteiger partial charge on any atom is -0.459 e. The standard InChI is InChI=1S/C26H22N4O3S/c1-16-13-17(2)15-18(14-16)29-25(24(28-26(29)34)20-8-5-6-12-27-20)23-11-10-22(33-23)19-7-3-4-9-21(19)30(31)32/h3-15,24-25H,1-2H3,(H,28,34). The highest BCUT2D eigenvalue weighted by molar-refractivity contribution is 7.80. The number of anilines is 1. The summed E-state index contributed by atoms with van der Waals surface area (Å²) in [4.78, 5) is 17.8. The lowest BCUT2D eigenvalue weighted by atomic mass is 10.0. The number of benzene rings is 2. The van der Waals surface area contributed by atoms with Gasteiger partial charge in [-0.3, -0.25) is 15.1 Å². The fraction of sp³-hybridized carbons (Fsp3) is 0.154. The Hall–Kier alpha value is -4.04. The lowest BCUT2D eigenvalue weighted by Crippen LogP contribution is -2.29. The number of rotatable bonds is 5. The van der Waals surface area contributed by atoms with Crippen molar-refractivity contribution in [2.24, 2.45) is 0 Å². The van der Waals surface area contributed by atoms with Gasteiger partial charge in [0, 0.05) is 18.0 Å². The predicted octanol–water partition coefficient (Wildman–Crippen LogP) is 6.04. The molecule has 170 valence electrons. The number of hydrogen-bond acceptors (Lipinski definition) is 5. The third kappa shape index (κ3) is 3.92. The molecule has 4 aromatic rings. The number of hydrogen-bond donors (Lipinski definition) is 1. The molecule has 0 saturated carbocycles. The van der Waals surface area contributed by atoms with E-state index in [1.165, 1.54) is 6.07 Å². The van der Waals surface area contributed by atoms with E-state index in [2.05, 4.69) is 28.5 Å². The van der Waals surface area contributed by atoms with E-state index in [4.69, 9.17) is 16.6 Å². The van der Waals surface area contributed by atoms with Crippen LogP contribution in [0.15, 0.2) is 83.4 Å². The number of furan rings is 1. The Morgan fingerprint density at radius 3 is 2.47 bits per heavy atom. The number of aryl methyl sites for hydroxylation is 2. The van der Waals surface area contributed by atoms with Gasteiger partial charge < -0.3 is 14.6 Å². The highest BCUT2D eigenvalue weighted by Gasteiger charge is 2.42. The van der Waals surface area contributed by atoms with Gasteiger partial charge in [-0.15, -0.1) is 0 Å². The second kappa shape index (κ2) is 8.72. The zero-order valence-corrected chi connectivity index (χ0v) is 19.5. The van der Waals surface area contributed by atoms with E-state index in [0.29, 0.717) is 22.2 Å². The Morgan fingerprint density at radius 1 is 1.03 bits per heavy atom. The monoisotopic (exact) mass is 470 g/mol. The molecule has 1 N–H and O–H groups in total. The number of para-hydroxylation sites is 1. The average Bonchev–Trinajstić information content (AvgIpc) is 3.43. The van der Waals surface area contributed by atoms with Crippen LogP contribution < -0.4 is 10.2 Å². The Bertz CT molecular complexity index is 1370. The van der Waals surface area contributed by atoms with Crippen molar-refractivity contribution in [2.75, 3.05) is 4.90 Å². The summed E-state index contributed by atoms with van der Waals surface area (Å²) in [5, 5.41) is 15.5. The summed E-state index contributed by atoms with van der Waals surface area (Å²) in [6.07, 6.45) is 1.75. The maximum Gasteiger partial charge on any atom is 0.280 e. The van der Waals surface area contributed by atoms with Crippen LogP contribution in [0.1, 0.15) is 34.7 Å². The molecule has 8 heteroatoms. The summed E-state index contributed by atoms with van der Waals surface area (Å²) < 4.78 is 6.28. The third-order valence-electron chi connectivity index (χ3n) is 5.87. The number of nitrogens with zero attached hydrogens (tertiary/aromatic N) is 3. The molecule has 2 atom stereocenters. The van der Waals surface area contributed by atoms with Crippen molar-refractivity contribution in [1.82, 2.24) is 10.3 Å². The highest BCUT2D eigenvalue weighted by Crippen LogP contribution is 2.44. The molecule has 1 aliphatic heterocycles. The molecular formula is C26H22N4O3S. The molecule has 2 unspecified atom stereocenters. The Morgan fingerprint density at radius 2 is 1.76 bits per heavy atom. The lowest BCUT2D eigenvalue weighted by Gasteiger charge is -2.26. The molecule has 0 aliphatic carbocycles. The van der Waals surface area contributed by atoms with Crippen LogP contribution in [0.4, 0.5) is 11.4 Å². The third-order valence-corrected chi connectivity index (χ3v) is 6.18. The van der Waals surface area contributed by atoms with Gasteiger partial charge in [-0.2, -0.15) is 0 Å². The van der Waals surface area contributed by atoms with Crippen LogP contribution in [0.3, 0.4) is 0 Å². The number of pyridine rings is 1. The summed E-state index contributed by atoms with van der Waals surface area (Å²) in [7, 11) is 0. The smallest absolute Gasteiger partial charge is 0.280 e. The highest BCUT2D eigenvalue weighted by atomic mass is 32.1. The van der Waals surface area contributed by atoms with Crippen LogP contribution in [0, 0.1) is 24.0 Å². The first-order chi connectivity index (χ1) is 16.4. The lowest BCUT2D eigenvalue weighted by molar-refractivity contribution is -0.384. The second-order valence-electron chi connectivity index (χ2n) is 8.32. The van der Waals surface area contributed by atoms with E-state index in [1.54, 1.807) is 30.5 Å². The molecule has 0 radical (unpaired) electrons. The van der Waals surface area contributed by atoms with Crippen LogP contribution in [-0.2, 0) is 0 Å². The van der Waals surface area contributed by atoms with E-state index in [1.807, 2.05) is 43.0 Å². The molecule has 3 heterocycles. The molecule has 7 nitrogen and oxygen atoms in total. The fourth-order valence-electron chi connectivity index (χ4n) is 4.51. The zero-order chi connectivity index (χ0) is 23.8. The molecule has 0 amide bonds. The number of nitro groups is 1. The van der Waals surface area contributed by atoms with Crippen LogP contribution in [0.25, 0.3) is 11.3 Å². The van der Waals surface area contributed by atoms with Gasteiger partial charge in [0.2, 0.25) is 0 Å². The van der Waals surface area contributed by atoms with Gasteiger partial charge in [0.05, 0.1) is 22.2 Å². The minimum atomic E-state index is -0.400. The minimum absolute atomic E-state index is 0.00379. The van der Waals surface area contributed by atoms with Crippen molar-refractivity contribution in [1.29, 1.82) is 0 Å². The number of nitro benzene ring substituents is 1. The Balaban J connectivity index is 1.64. The SMILES string of the molecule is Cc1cc(C)cc(N2C(=S)NC(c3ccccn3)C2c2ccc(-c3ccccc3[N+](=O)[O-])o2)c1. The van der Waals surface area contributed by atoms with Gasteiger partial charge in [-0.1, -0.05) is 24.3 Å². The first-order valence-corrected chi connectivity index (χ1v) is 11.3. The number of thiocarbonyl (C=S) groups is 1. The van der Waals surface area contributed by atoms with Gasteiger partial charge in [-0.25, -0.2) is 0 Å². The molecule has 0 bridgehead atoms. The maximum absolute atomic E-state index is 11.6. The van der Waals surface area contributed by atoms with E-state index < -0.39 is 4.92 Å². The molecule has 0 spiro atoms. The van der Waals surface area contributed by atoms with Crippen molar-refractivity contribution in [3.63, 3.8) is 0 Å². The molecule has 34 heavy (non-hydrogen) atoms. The van der Waals surface area contributed by atoms with Crippen molar-refractivity contribution in [3.05, 3.63) is 112 Å². The van der Waals surface area contributed by atoms with Crippen molar-refractivity contribution < 1.29 is 9.34 Å². The molecule has 1 saturated heterocycles. The topological polar surface area (TPSA) is 84.4 Å². The van der Waals surface area contributed by atoms with E-state index in [9.17, 15) is 10.1 Å². The summed E-state index contributed by atoms with van der Waals surface area (Å²) >= 11 is 5.77. The van der Waals surface area contributed by atoms with Gasteiger partial charge in [0.25, 0.3) is 5.69 Å². The van der Waals surface area contributed by atoms with Gasteiger partial charge in [0.15, 0.2) is 5.11 Å². The van der Waals surface area contributed by atoms with Crippen molar-refractivity contribution in [2.45, 2.75) is 25.9 Å². The molecule has 1 fully saturated rings. The van der Waals surface area contributed by atoms with Crippen LogP contribution in [0.2, 0.25) is 0 Å². The predicted molar refractivity (Wildman–Crippen MR) is 135 cm³/mol. The van der Waals surface area contributed by atoms with E-state index >= 15 is 0 Å². The Kier molecular flexibility index (Phi) is 5.59. The summed E-state index contributed by atoms with van der Waals surface area (Å²) in [6.45, 7) is 4.10. The summed E-state index contributed by atoms with van der Waals surface area (Å²) in [5.74, 6) is 1.07. The van der Waals surface area contributed by atoms with Gasteiger partial charge in [-0.05, 0) is 79.7 Å². The fourth-order valence-corrected chi connectivity index (χ4v) is 4.86. The number of nitrogens with one attached hydrogen (secondary N) is 1. The van der Waals surface area contributed by atoms with Crippen LogP contribution in [0.5, 0.6) is 0 Å². The molecular weight excluding hydrogens is 448 g/mol. The van der Waals surface area contributed by atoms with E-state index in [-0.39, 0.29) is 17.8 Å². The second-order valence-corrected chi connectivity index (χ2v) is 8.71. The normalized spacial score (nSPS) is 17.6. The Labute approximate surface area is 202 Å². The molecule has 1 aliphatic rings. The molecule has 5 rings (SSSR count). The summed E-state index contributed by atoms with van der Waals surface area (Å²) in [5.41, 5.74) is 4.44. The molecule has 2 aromatic heterocycles. The first kappa shape index (κ1) is 21.8. The number of aromatic nitrogens is 1. The van der Waals surface area contributed by atoms with Gasteiger partial charge >= 0.3 is 0 Å². The van der Waals surface area contributed by atoms with Crippen molar-refractivity contribution >= 4 is 28.7 Å². The quantitative estimate of drug-likeness (QED) is 0.216. The van der Waals surface area contributed by atoms with E-state index in [0.717, 1.165) is 22.5 Å².